The number of benzene rings is 2. The third-order valence-corrected chi connectivity index (χ3v) is 6.73. The summed E-state index contributed by atoms with van der Waals surface area (Å²) in [6.45, 7) is 1.17. The van der Waals surface area contributed by atoms with E-state index in [-0.39, 0.29) is 48.5 Å². The molecule has 10 nitrogen and oxygen atoms in total. The van der Waals surface area contributed by atoms with Gasteiger partial charge in [-0.15, -0.1) is 13.2 Å². The summed E-state index contributed by atoms with van der Waals surface area (Å²) in [7, 11) is 2.94. The van der Waals surface area contributed by atoms with Gasteiger partial charge in [0.15, 0.2) is 11.6 Å². The van der Waals surface area contributed by atoms with E-state index in [2.05, 4.69) is 20.0 Å². The van der Waals surface area contributed by atoms with Gasteiger partial charge >= 0.3 is 6.36 Å². The van der Waals surface area contributed by atoms with Crippen molar-refractivity contribution in [1.82, 2.24) is 15.3 Å². The molecule has 0 spiro atoms. The van der Waals surface area contributed by atoms with Crippen molar-refractivity contribution in [2.75, 3.05) is 38.8 Å². The second-order valence-corrected chi connectivity index (χ2v) is 9.77. The smallest absolute Gasteiger partial charge is 0.497 e. The molecule has 42 heavy (non-hydrogen) atoms. The van der Waals surface area contributed by atoms with Gasteiger partial charge in [0.05, 0.1) is 32.0 Å². The number of ether oxygens (including phenoxy) is 5. The first-order valence-corrected chi connectivity index (χ1v) is 13.0. The van der Waals surface area contributed by atoms with E-state index in [0.717, 1.165) is 24.1 Å². The number of fused-ring (bicyclic) bond motifs is 2. The van der Waals surface area contributed by atoms with Gasteiger partial charge < -0.3 is 33.9 Å². The molecule has 2 unspecified atom stereocenters. The molecule has 3 fully saturated rings. The summed E-state index contributed by atoms with van der Waals surface area (Å²) in [4.78, 5) is 24.3. The van der Waals surface area contributed by atoms with Crippen LogP contribution in [0, 0.1) is 5.82 Å². The molecule has 0 aliphatic carbocycles. The number of methoxy groups -OCH3 is 2. The van der Waals surface area contributed by atoms with E-state index in [0.29, 0.717) is 18.8 Å². The lowest BCUT2D eigenvalue weighted by Gasteiger charge is -2.47. The molecule has 3 atom stereocenters. The van der Waals surface area contributed by atoms with Crippen molar-refractivity contribution < 1.29 is 46.0 Å². The number of amides is 1. The fraction of sp³-hybridized carbons (Fsp3) is 0.393. The second kappa shape index (κ2) is 12.4. The van der Waals surface area contributed by atoms with Crippen molar-refractivity contribution in [3.8, 4) is 17.4 Å². The SMILES string of the molecule is COC[C@@H](NC(=O)c1cc(OCc2ccc(OC)cc2)nc(N2CC3CC(C2)O3)n1)c1ccc(OC(F)(F)F)c(F)c1. The van der Waals surface area contributed by atoms with Crippen molar-refractivity contribution >= 4 is 11.9 Å². The van der Waals surface area contributed by atoms with Crippen LogP contribution < -0.4 is 24.4 Å². The van der Waals surface area contributed by atoms with Gasteiger partial charge in [0.2, 0.25) is 11.8 Å². The predicted octanol–water partition coefficient (Wildman–Crippen LogP) is 4.20. The van der Waals surface area contributed by atoms with E-state index in [1.165, 1.54) is 19.2 Å². The van der Waals surface area contributed by atoms with E-state index in [1.807, 2.05) is 17.0 Å². The normalized spacial score (nSPS) is 18.6. The summed E-state index contributed by atoms with van der Waals surface area (Å²) in [5.41, 5.74) is 0.981. The standard InChI is InChI=1S/C28H28F4N4O6/c1-38-15-23(17-5-8-24(21(29)9-17)42-28(30,31)32)33-26(37)22-11-25(40-14-16-3-6-18(39-2)7-4-16)35-27(34-22)36-12-19-10-20(13-36)41-19/h3-9,11,19-20,23H,10,12-15H2,1-2H3,(H,33,37)/t19?,20?,23-/m1/s1. The van der Waals surface area contributed by atoms with Gasteiger partial charge in [-0.2, -0.15) is 4.98 Å². The largest absolute Gasteiger partial charge is 0.573 e. The summed E-state index contributed by atoms with van der Waals surface area (Å²) in [5.74, 6) is -1.75. The molecule has 1 N–H and O–H groups in total. The van der Waals surface area contributed by atoms with Crippen molar-refractivity contribution in [3.05, 3.63) is 71.2 Å². The molecule has 0 saturated carbocycles. The Morgan fingerprint density at radius 2 is 1.81 bits per heavy atom. The van der Waals surface area contributed by atoms with Crippen LogP contribution in [0.1, 0.15) is 34.1 Å². The van der Waals surface area contributed by atoms with Gasteiger partial charge in [-0.25, -0.2) is 9.37 Å². The molecule has 3 aliphatic rings. The highest BCUT2D eigenvalue weighted by Crippen LogP contribution is 2.31. The van der Waals surface area contributed by atoms with Crippen LogP contribution in [0.4, 0.5) is 23.5 Å². The Morgan fingerprint density at radius 1 is 1.10 bits per heavy atom. The first-order chi connectivity index (χ1) is 20.1. The van der Waals surface area contributed by atoms with Crippen LogP contribution in [-0.4, -0.2) is 68.4 Å². The number of halogens is 4. The molecule has 3 saturated heterocycles. The minimum atomic E-state index is -5.05. The van der Waals surface area contributed by atoms with E-state index >= 15 is 0 Å². The summed E-state index contributed by atoms with van der Waals surface area (Å²) in [6, 6.07) is 10.6. The molecule has 3 aliphatic heterocycles. The van der Waals surface area contributed by atoms with E-state index in [9.17, 15) is 22.4 Å². The molecule has 2 bridgehead atoms. The molecule has 224 valence electrons. The lowest BCUT2D eigenvalue weighted by atomic mass is 9.99. The third-order valence-electron chi connectivity index (χ3n) is 6.73. The highest BCUT2D eigenvalue weighted by atomic mass is 19.4. The lowest BCUT2D eigenvalue weighted by Crippen LogP contribution is -2.57. The quantitative estimate of drug-likeness (QED) is 0.328. The first kappa shape index (κ1) is 29.3. The number of morpholine rings is 1. The van der Waals surface area contributed by atoms with Crippen molar-refractivity contribution in [2.45, 2.75) is 37.6 Å². The number of nitrogens with one attached hydrogen (secondary N) is 1. The van der Waals surface area contributed by atoms with Gasteiger partial charge in [0.1, 0.15) is 18.1 Å². The van der Waals surface area contributed by atoms with Crippen LogP contribution in [0.15, 0.2) is 48.5 Å². The molecule has 14 heteroatoms. The number of aromatic nitrogens is 2. The Kier molecular flexibility index (Phi) is 8.64. The average Bonchev–Trinajstić information content (AvgIpc) is 2.96. The molecule has 1 aromatic heterocycles. The highest BCUT2D eigenvalue weighted by molar-refractivity contribution is 5.93. The summed E-state index contributed by atoms with van der Waals surface area (Å²) in [6.07, 6.45) is -4.00. The number of carbonyl (C=O) groups excluding carboxylic acids is 1. The fourth-order valence-electron chi connectivity index (χ4n) is 4.70. The Labute approximate surface area is 238 Å². The minimum Gasteiger partial charge on any atom is -0.497 e. The summed E-state index contributed by atoms with van der Waals surface area (Å²) in [5, 5.41) is 2.71. The van der Waals surface area contributed by atoms with Gasteiger partial charge in [0, 0.05) is 32.7 Å². The summed E-state index contributed by atoms with van der Waals surface area (Å²) < 4.78 is 77.8. The van der Waals surface area contributed by atoms with E-state index in [1.54, 1.807) is 19.2 Å². The average molecular weight is 593 g/mol. The number of nitrogens with zero attached hydrogens (tertiary/aromatic N) is 3. The molecular formula is C28H28F4N4O6. The predicted molar refractivity (Wildman–Crippen MR) is 140 cm³/mol. The van der Waals surface area contributed by atoms with Gasteiger partial charge in [-0.05, 0) is 35.4 Å². The fourth-order valence-corrected chi connectivity index (χ4v) is 4.70. The van der Waals surface area contributed by atoms with Gasteiger partial charge in [0.25, 0.3) is 5.91 Å². The third kappa shape index (κ3) is 7.18. The highest BCUT2D eigenvalue weighted by Gasteiger charge is 2.39. The maximum atomic E-state index is 14.4. The van der Waals surface area contributed by atoms with Crippen LogP contribution in [0.25, 0.3) is 0 Å². The molecule has 1 amide bonds. The zero-order chi connectivity index (χ0) is 29.9. The minimum absolute atomic E-state index is 0.0245. The molecule has 4 heterocycles. The Hall–Kier alpha value is -4.17. The van der Waals surface area contributed by atoms with Crippen molar-refractivity contribution in [3.63, 3.8) is 0 Å². The number of alkyl halides is 3. The second-order valence-electron chi connectivity index (χ2n) is 9.77. The molecule has 3 aromatic rings. The Balaban J connectivity index is 1.37. The van der Waals surface area contributed by atoms with Gasteiger partial charge in [-0.3, -0.25) is 4.79 Å². The number of piperidine rings is 1. The molecule has 6 rings (SSSR count). The number of hydrogen-bond donors (Lipinski definition) is 1. The monoisotopic (exact) mass is 592 g/mol. The molecule has 2 aromatic carbocycles. The van der Waals surface area contributed by atoms with E-state index in [4.69, 9.17) is 18.9 Å². The van der Waals surface area contributed by atoms with Crippen LogP contribution in [-0.2, 0) is 16.1 Å². The number of rotatable bonds is 11. The number of carbonyl (C=O) groups is 1. The van der Waals surface area contributed by atoms with Crippen molar-refractivity contribution in [1.29, 1.82) is 0 Å². The first-order valence-electron chi connectivity index (χ1n) is 13.0. The molecular weight excluding hydrogens is 564 g/mol. The number of anilines is 1. The molecule has 0 radical (unpaired) electrons. The van der Waals surface area contributed by atoms with Crippen LogP contribution in [0.5, 0.6) is 17.4 Å². The van der Waals surface area contributed by atoms with E-state index < -0.39 is 29.9 Å². The van der Waals surface area contributed by atoms with Crippen molar-refractivity contribution in [2.24, 2.45) is 0 Å². The zero-order valence-corrected chi connectivity index (χ0v) is 22.7. The van der Waals surface area contributed by atoms with Gasteiger partial charge in [-0.1, -0.05) is 18.2 Å². The maximum absolute atomic E-state index is 14.4. The Bertz CT molecular complexity index is 1390. The summed E-state index contributed by atoms with van der Waals surface area (Å²) >= 11 is 0. The number of hydrogen-bond acceptors (Lipinski definition) is 9. The van der Waals surface area contributed by atoms with Crippen LogP contribution in [0.3, 0.4) is 0 Å². The zero-order valence-electron chi connectivity index (χ0n) is 22.7. The van der Waals surface area contributed by atoms with Crippen LogP contribution in [0.2, 0.25) is 0 Å². The lowest BCUT2D eigenvalue weighted by molar-refractivity contribution is -0.275. The topological polar surface area (TPSA) is 104 Å². The Morgan fingerprint density at radius 3 is 2.43 bits per heavy atom. The maximum Gasteiger partial charge on any atom is 0.573 e. The van der Waals surface area contributed by atoms with Crippen LogP contribution >= 0.6 is 0 Å².